The molecule has 0 radical (unpaired) electrons. The molecule has 3 rings (SSSR count). The van der Waals surface area contributed by atoms with Gasteiger partial charge in [-0.1, -0.05) is 32.1 Å². The van der Waals surface area contributed by atoms with Crippen LogP contribution in [0.2, 0.25) is 0 Å². The molecule has 1 aromatic carbocycles. The second-order valence-corrected chi connectivity index (χ2v) is 8.97. The number of rotatable bonds is 3. The molecule has 0 unspecified atom stereocenters. The number of nitrogens with zero attached hydrogens (tertiary/aromatic N) is 3. The Kier molecular flexibility index (Phi) is 5.37. The minimum atomic E-state index is -0.629. The molecule has 26 heavy (non-hydrogen) atoms. The fraction of sp³-hybridized carbons (Fsp3) is 0.526. The smallest absolute Gasteiger partial charge is 0.223 e. The summed E-state index contributed by atoms with van der Waals surface area (Å²) >= 11 is 1.34. The minimum Gasteiger partial charge on any atom is -0.343 e. The highest BCUT2D eigenvalue weighted by Crippen LogP contribution is 2.35. The molecule has 7 heteroatoms. The van der Waals surface area contributed by atoms with Crippen LogP contribution in [0.25, 0.3) is 10.6 Å². The van der Waals surface area contributed by atoms with Crippen LogP contribution in [0.1, 0.15) is 51.0 Å². The largest absolute Gasteiger partial charge is 0.343 e. The van der Waals surface area contributed by atoms with E-state index in [1.807, 2.05) is 4.90 Å². The number of hydrogen-bond donors (Lipinski definition) is 0. The predicted molar refractivity (Wildman–Crippen MR) is 97.9 cm³/mol. The fourth-order valence-corrected chi connectivity index (χ4v) is 4.15. The van der Waals surface area contributed by atoms with Gasteiger partial charge in [-0.2, -0.15) is 0 Å². The topological polar surface area (TPSA) is 46.1 Å². The van der Waals surface area contributed by atoms with Gasteiger partial charge in [-0.05, 0) is 30.4 Å². The Labute approximate surface area is 156 Å². The summed E-state index contributed by atoms with van der Waals surface area (Å²) in [5, 5.41) is 9.61. The van der Waals surface area contributed by atoms with E-state index in [1.54, 1.807) is 0 Å². The first-order valence-corrected chi connectivity index (χ1v) is 9.61. The van der Waals surface area contributed by atoms with Gasteiger partial charge < -0.3 is 4.90 Å². The molecular weight excluding hydrogens is 356 g/mol. The predicted octanol–water partition coefficient (Wildman–Crippen LogP) is 4.63. The van der Waals surface area contributed by atoms with Gasteiger partial charge in [0.2, 0.25) is 5.91 Å². The number of piperidine rings is 1. The maximum atomic E-state index is 13.9. The molecule has 0 saturated carbocycles. The third-order valence-electron chi connectivity index (χ3n) is 4.48. The van der Waals surface area contributed by atoms with E-state index in [2.05, 4.69) is 31.0 Å². The summed E-state index contributed by atoms with van der Waals surface area (Å²) in [7, 11) is 0. The summed E-state index contributed by atoms with van der Waals surface area (Å²) < 4.78 is 27.0. The van der Waals surface area contributed by atoms with Gasteiger partial charge in [-0.25, -0.2) is 8.78 Å². The van der Waals surface area contributed by atoms with E-state index in [-0.39, 0.29) is 22.8 Å². The molecule has 0 atom stereocenters. The Balaban J connectivity index is 1.64. The van der Waals surface area contributed by atoms with Crippen molar-refractivity contribution in [3.8, 4) is 10.6 Å². The number of carbonyl (C=O) groups excluding carboxylic acids is 1. The van der Waals surface area contributed by atoms with Crippen molar-refractivity contribution in [2.24, 2.45) is 5.41 Å². The van der Waals surface area contributed by atoms with Gasteiger partial charge in [0.1, 0.15) is 16.6 Å². The number of aromatic nitrogens is 2. The minimum absolute atomic E-state index is 0.0126. The highest BCUT2D eigenvalue weighted by Gasteiger charge is 2.28. The summed E-state index contributed by atoms with van der Waals surface area (Å²) in [6, 6.07) is 3.47. The molecule has 0 spiro atoms. The summed E-state index contributed by atoms with van der Waals surface area (Å²) in [4.78, 5) is 14.3. The van der Waals surface area contributed by atoms with Crippen LogP contribution >= 0.6 is 11.3 Å². The molecular formula is C19H23F2N3OS. The lowest BCUT2D eigenvalue weighted by molar-refractivity contribution is -0.134. The Hall–Kier alpha value is -1.89. The van der Waals surface area contributed by atoms with E-state index < -0.39 is 11.6 Å². The molecule has 1 aromatic heterocycles. The molecule has 2 heterocycles. The van der Waals surface area contributed by atoms with Crippen LogP contribution < -0.4 is 0 Å². The average molecular weight is 379 g/mol. The van der Waals surface area contributed by atoms with Gasteiger partial charge in [-0.15, -0.1) is 10.2 Å². The van der Waals surface area contributed by atoms with Crippen molar-refractivity contribution >= 4 is 17.2 Å². The van der Waals surface area contributed by atoms with Crippen LogP contribution in [0.5, 0.6) is 0 Å². The third-order valence-corrected chi connectivity index (χ3v) is 5.60. The zero-order chi connectivity index (χ0) is 18.9. The second-order valence-electron chi connectivity index (χ2n) is 7.96. The molecule has 0 N–H and O–H groups in total. The fourth-order valence-electron chi connectivity index (χ4n) is 3.11. The molecule has 1 fully saturated rings. The number of carbonyl (C=O) groups is 1. The van der Waals surface area contributed by atoms with Crippen LogP contribution in [0.15, 0.2) is 18.2 Å². The van der Waals surface area contributed by atoms with Crippen molar-refractivity contribution in [1.82, 2.24) is 15.1 Å². The number of halogens is 2. The van der Waals surface area contributed by atoms with Crippen molar-refractivity contribution in [2.45, 2.75) is 46.0 Å². The Morgan fingerprint density at radius 3 is 2.54 bits per heavy atom. The van der Waals surface area contributed by atoms with Gasteiger partial charge in [0.25, 0.3) is 0 Å². The normalized spacial score (nSPS) is 16.1. The van der Waals surface area contributed by atoms with Gasteiger partial charge in [0, 0.05) is 37.1 Å². The lowest BCUT2D eigenvalue weighted by Crippen LogP contribution is -2.39. The van der Waals surface area contributed by atoms with Gasteiger partial charge >= 0.3 is 0 Å². The van der Waals surface area contributed by atoms with E-state index in [0.29, 0.717) is 24.5 Å². The summed E-state index contributed by atoms with van der Waals surface area (Å²) in [6.45, 7) is 7.61. The second kappa shape index (κ2) is 7.39. The first-order valence-electron chi connectivity index (χ1n) is 8.79. The van der Waals surface area contributed by atoms with Gasteiger partial charge in [-0.3, -0.25) is 4.79 Å². The first kappa shape index (κ1) is 18.9. The van der Waals surface area contributed by atoms with E-state index in [1.165, 1.54) is 23.5 Å². The maximum absolute atomic E-state index is 13.9. The lowest BCUT2D eigenvalue weighted by atomic mass is 9.90. The van der Waals surface area contributed by atoms with E-state index in [0.717, 1.165) is 23.9 Å². The summed E-state index contributed by atoms with van der Waals surface area (Å²) in [5.41, 5.74) is 0.259. The summed E-state index contributed by atoms with van der Waals surface area (Å²) in [6.07, 6.45) is 2.21. The zero-order valence-electron chi connectivity index (χ0n) is 15.3. The summed E-state index contributed by atoms with van der Waals surface area (Å²) in [5.74, 6) is -0.815. The maximum Gasteiger partial charge on any atom is 0.223 e. The van der Waals surface area contributed by atoms with Crippen LogP contribution in [-0.4, -0.2) is 34.1 Å². The number of hydrogen-bond acceptors (Lipinski definition) is 4. The molecule has 4 nitrogen and oxygen atoms in total. The van der Waals surface area contributed by atoms with Gasteiger partial charge in [0.15, 0.2) is 5.01 Å². The standard InChI is InChI=1S/C19H23F2N3OS/c1-19(2,3)11-16(25)24-8-6-12(7-9-24)17-22-23-18(26-17)14-5-4-13(20)10-15(14)21/h4-5,10,12H,6-9,11H2,1-3H3. The quantitative estimate of drug-likeness (QED) is 0.781. The van der Waals surface area contributed by atoms with Crippen molar-refractivity contribution in [2.75, 3.05) is 13.1 Å². The number of amides is 1. The average Bonchev–Trinajstić information content (AvgIpc) is 3.03. The molecule has 1 aliphatic rings. The molecule has 0 aliphatic carbocycles. The van der Waals surface area contributed by atoms with Crippen LogP contribution in [0, 0.1) is 17.0 Å². The molecule has 1 amide bonds. The molecule has 0 bridgehead atoms. The lowest BCUT2D eigenvalue weighted by Gasteiger charge is -2.32. The van der Waals surface area contributed by atoms with E-state index >= 15 is 0 Å². The monoisotopic (exact) mass is 379 g/mol. The number of benzene rings is 1. The Bertz CT molecular complexity index is 792. The van der Waals surface area contributed by atoms with Crippen molar-refractivity contribution in [3.63, 3.8) is 0 Å². The molecule has 1 saturated heterocycles. The zero-order valence-corrected chi connectivity index (χ0v) is 16.1. The van der Waals surface area contributed by atoms with Crippen molar-refractivity contribution in [3.05, 3.63) is 34.8 Å². The van der Waals surface area contributed by atoms with E-state index in [4.69, 9.17) is 0 Å². The van der Waals surface area contributed by atoms with Crippen LogP contribution in [-0.2, 0) is 4.79 Å². The van der Waals surface area contributed by atoms with Crippen molar-refractivity contribution in [1.29, 1.82) is 0 Å². The number of likely N-dealkylation sites (tertiary alicyclic amines) is 1. The molecule has 1 aliphatic heterocycles. The Morgan fingerprint density at radius 1 is 1.23 bits per heavy atom. The Morgan fingerprint density at radius 2 is 1.92 bits per heavy atom. The highest BCUT2D eigenvalue weighted by molar-refractivity contribution is 7.14. The SMILES string of the molecule is CC(C)(C)CC(=O)N1CCC(c2nnc(-c3ccc(F)cc3F)s2)CC1. The van der Waals surface area contributed by atoms with E-state index in [9.17, 15) is 13.6 Å². The van der Waals surface area contributed by atoms with Gasteiger partial charge in [0.05, 0.1) is 0 Å². The van der Waals surface area contributed by atoms with Crippen LogP contribution in [0.3, 0.4) is 0 Å². The first-order chi connectivity index (χ1) is 12.2. The van der Waals surface area contributed by atoms with Crippen molar-refractivity contribution < 1.29 is 13.6 Å². The molecule has 2 aromatic rings. The van der Waals surface area contributed by atoms with Crippen LogP contribution in [0.4, 0.5) is 8.78 Å². The highest BCUT2D eigenvalue weighted by atomic mass is 32.1. The third kappa shape index (κ3) is 4.44. The molecule has 140 valence electrons.